The van der Waals surface area contributed by atoms with E-state index in [-0.39, 0.29) is 49.2 Å². The number of imidazole rings is 1. The Kier molecular flexibility index (Phi) is 5.41. The van der Waals surface area contributed by atoms with Crippen LogP contribution in [0.3, 0.4) is 0 Å². The third kappa shape index (κ3) is 4.47. The Hall–Kier alpha value is -6.27. The van der Waals surface area contributed by atoms with Crippen molar-refractivity contribution < 1.29 is 37.2 Å². The van der Waals surface area contributed by atoms with Crippen molar-refractivity contribution in [2.24, 2.45) is 0 Å². The van der Waals surface area contributed by atoms with Gasteiger partial charge in [0.15, 0.2) is 0 Å². The molecule has 1 radical (unpaired) electrons. The molecule has 267 valence electrons. The number of hydrogen-bond donors (Lipinski definition) is 0. The Labute approximate surface area is 349 Å². The van der Waals surface area contributed by atoms with Crippen LogP contribution in [0.2, 0.25) is 0 Å². The van der Waals surface area contributed by atoms with Crippen LogP contribution in [0.25, 0.3) is 77.1 Å². The van der Waals surface area contributed by atoms with E-state index in [1.807, 2.05) is 0 Å². The first kappa shape index (κ1) is 25.0. The average Bonchev–Trinajstić information content (AvgIpc) is 3.68. The van der Waals surface area contributed by atoms with Crippen molar-refractivity contribution in [1.29, 1.82) is 0 Å². The van der Waals surface area contributed by atoms with Gasteiger partial charge in [0.2, 0.25) is 6.71 Å². The SMILES string of the molecule is [2H]C([2H])([2H])c1c[c-]c(-c2cc(C([2H])([2H])[2H])c(C([2H])([2H])[2H])cn2)cc1.[Ir].[c-]1c2c3c4c5c1c1nc6ccccc6n1c1ccc6cccc(c6c51)n4-c1ccccc1B3c1ccccc1O2. The normalized spacial score (nSPS) is 15.6. The van der Waals surface area contributed by atoms with Crippen molar-refractivity contribution in [3.63, 3.8) is 0 Å². The van der Waals surface area contributed by atoms with Gasteiger partial charge in [-0.05, 0) is 83.1 Å². The minimum atomic E-state index is -2.61. The molecule has 0 spiro atoms. The van der Waals surface area contributed by atoms with Crippen molar-refractivity contribution in [2.75, 3.05) is 0 Å². The molecule has 0 fully saturated rings. The summed E-state index contributed by atoms with van der Waals surface area (Å²) in [6, 6.07) is 48.8. The molecule has 11 aromatic rings. The molecular formula is C49H31BIrN4O-2. The standard InChI is InChI=1S/C35H17BN3O.C14H14N.Ir/c1-4-12-24-21(9-1)36-22-10-2-6-15-28(22)40-29-18-20-31-32-27(39-25-13-5-3-11-23(25)37-35(20)39)17-16-19-8-7-14-26(30(19)32)38(24)34(31)33(29)36;1-10-4-6-13(7-5-10)14-8-11(2)12(3)9-15-14;/h1-17H;4-6,8-9H,1-3H3;/q2*-1;/i;1D3,2D3,3D3;. The smallest absolute Gasteiger partial charge is 0.204 e. The number of ether oxygens (including phenoxy) is 1. The van der Waals surface area contributed by atoms with E-state index in [2.05, 4.69) is 129 Å². The van der Waals surface area contributed by atoms with Gasteiger partial charge in [0, 0.05) is 61.0 Å². The molecule has 5 nitrogen and oxygen atoms in total. The molecule has 0 N–H and O–H groups in total. The quantitative estimate of drug-likeness (QED) is 0.0714. The van der Waals surface area contributed by atoms with E-state index in [1.54, 1.807) is 0 Å². The number of rotatable bonds is 1. The fraction of sp³-hybridized carbons (Fsp3) is 0.0612. The van der Waals surface area contributed by atoms with E-state index in [1.165, 1.54) is 84.4 Å². The van der Waals surface area contributed by atoms with Gasteiger partial charge in [-0.3, -0.25) is 4.98 Å². The second-order valence-corrected chi connectivity index (χ2v) is 14.1. The first-order valence-corrected chi connectivity index (χ1v) is 18.0. The van der Waals surface area contributed by atoms with Crippen LogP contribution in [-0.4, -0.2) is 25.6 Å². The molecule has 56 heavy (non-hydrogen) atoms. The van der Waals surface area contributed by atoms with Crippen LogP contribution in [0.1, 0.15) is 29.0 Å². The topological polar surface area (TPSA) is 44.4 Å². The molecule has 7 aromatic carbocycles. The maximum absolute atomic E-state index is 7.54. The van der Waals surface area contributed by atoms with E-state index in [4.69, 9.17) is 22.1 Å². The molecule has 2 aliphatic rings. The van der Waals surface area contributed by atoms with Gasteiger partial charge >= 0.3 is 0 Å². The van der Waals surface area contributed by atoms with E-state index < -0.39 is 20.6 Å². The summed E-state index contributed by atoms with van der Waals surface area (Å²) in [5.41, 5.74) is 11.6. The summed E-state index contributed by atoms with van der Waals surface area (Å²) in [4.78, 5) is 9.19. The number of fused-ring (bicyclic) bond motifs is 11. The van der Waals surface area contributed by atoms with Crippen molar-refractivity contribution in [3.05, 3.63) is 162 Å². The Balaban J connectivity index is 0.000000163. The van der Waals surface area contributed by atoms with E-state index in [9.17, 15) is 0 Å². The number of para-hydroxylation sites is 4. The van der Waals surface area contributed by atoms with Crippen molar-refractivity contribution in [2.45, 2.75) is 20.6 Å². The molecule has 7 heteroatoms. The fourth-order valence-corrected chi connectivity index (χ4v) is 8.90. The third-order valence-corrected chi connectivity index (χ3v) is 11.2. The molecule has 13 rings (SSSR count). The number of hydrogen-bond acceptors (Lipinski definition) is 3. The van der Waals surface area contributed by atoms with Crippen LogP contribution in [0.4, 0.5) is 0 Å². The van der Waals surface area contributed by atoms with E-state index in [0.29, 0.717) is 5.56 Å². The molecule has 0 aliphatic carbocycles. The van der Waals surface area contributed by atoms with Crippen LogP contribution in [0.15, 0.2) is 134 Å². The number of pyridine rings is 3. The number of aromatic nitrogens is 4. The summed E-state index contributed by atoms with van der Waals surface area (Å²) < 4.78 is 78.4. The Morgan fingerprint density at radius 2 is 1.57 bits per heavy atom. The zero-order chi connectivity index (χ0) is 44.0. The summed E-state index contributed by atoms with van der Waals surface area (Å²) in [5, 5.41) is 5.99. The van der Waals surface area contributed by atoms with Gasteiger partial charge in [-0.2, -0.15) is 0 Å². The first-order valence-electron chi connectivity index (χ1n) is 22.5. The second-order valence-electron chi connectivity index (χ2n) is 14.1. The maximum Gasteiger partial charge on any atom is 0.204 e. The third-order valence-electron chi connectivity index (χ3n) is 11.2. The van der Waals surface area contributed by atoms with Gasteiger partial charge in [-0.25, -0.2) is 0 Å². The fourth-order valence-electron chi connectivity index (χ4n) is 8.90. The predicted molar refractivity (Wildman–Crippen MR) is 226 cm³/mol. The molecule has 0 saturated carbocycles. The summed E-state index contributed by atoms with van der Waals surface area (Å²) in [7, 11) is 0. The summed E-state index contributed by atoms with van der Waals surface area (Å²) in [5.74, 6) is 1.69. The van der Waals surface area contributed by atoms with Gasteiger partial charge in [0.1, 0.15) is 5.75 Å². The van der Waals surface area contributed by atoms with Crippen molar-refractivity contribution in [1.82, 2.24) is 18.9 Å². The average molecular weight is 904 g/mol. The summed E-state index contributed by atoms with van der Waals surface area (Å²) >= 11 is 0. The maximum atomic E-state index is 7.54. The molecular weight excluding hydrogens is 864 g/mol. The van der Waals surface area contributed by atoms with Crippen LogP contribution in [0, 0.1) is 32.7 Å². The molecule has 0 bridgehead atoms. The minimum Gasteiger partial charge on any atom is -0.478 e. The Bertz CT molecular complexity index is 3750. The zero-order valence-corrected chi connectivity index (χ0v) is 31.7. The van der Waals surface area contributed by atoms with E-state index in [0.717, 1.165) is 39.8 Å². The molecule has 6 heterocycles. The van der Waals surface area contributed by atoms with Gasteiger partial charge in [0.25, 0.3) is 0 Å². The second kappa shape index (κ2) is 12.1. The molecule has 2 aliphatic heterocycles. The molecule has 0 unspecified atom stereocenters. The zero-order valence-electron chi connectivity index (χ0n) is 38.3. The van der Waals surface area contributed by atoms with Gasteiger partial charge in [0.05, 0.1) is 22.2 Å². The molecule has 0 saturated heterocycles. The Morgan fingerprint density at radius 3 is 2.45 bits per heavy atom. The van der Waals surface area contributed by atoms with Crippen LogP contribution in [0.5, 0.6) is 11.5 Å². The Morgan fingerprint density at radius 1 is 0.732 bits per heavy atom. The van der Waals surface area contributed by atoms with Gasteiger partial charge in [-0.1, -0.05) is 113 Å². The van der Waals surface area contributed by atoms with Crippen molar-refractivity contribution in [3.8, 4) is 28.4 Å². The number of benzene rings is 7. The van der Waals surface area contributed by atoms with Crippen LogP contribution >= 0.6 is 0 Å². The molecule has 4 aromatic heterocycles. The van der Waals surface area contributed by atoms with Gasteiger partial charge in [-0.15, -0.1) is 35.4 Å². The first-order chi connectivity index (χ1) is 30.7. The monoisotopic (exact) mass is 904 g/mol. The molecule has 0 amide bonds. The van der Waals surface area contributed by atoms with Crippen molar-refractivity contribution >= 4 is 83.3 Å². The number of aryl methyl sites for hydroxylation is 3. The van der Waals surface area contributed by atoms with Crippen LogP contribution in [-0.2, 0) is 20.1 Å². The predicted octanol–water partition coefficient (Wildman–Crippen LogP) is 9.54. The molecule has 0 atom stereocenters. The van der Waals surface area contributed by atoms with E-state index >= 15 is 0 Å². The van der Waals surface area contributed by atoms with Gasteiger partial charge < -0.3 is 18.7 Å². The minimum absolute atomic E-state index is 0. The van der Waals surface area contributed by atoms with Crippen LogP contribution < -0.4 is 21.1 Å². The largest absolute Gasteiger partial charge is 0.478 e. The summed E-state index contributed by atoms with van der Waals surface area (Å²) in [6.07, 6.45) is 1.02. The summed E-state index contributed by atoms with van der Waals surface area (Å²) in [6.45, 7) is -7.40. The number of nitrogens with zero attached hydrogens (tertiary/aromatic N) is 4.